The molecule has 110 valence electrons. The number of halogens is 3. The quantitative estimate of drug-likeness (QED) is 0.444. The van der Waals surface area contributed by atoms with Crippen LogP contribution in [-0.4, -0.2) is 35.2 Å². The maximum Gasteiger partial charge on any atom is 0.475 e. The number of phosphoric acid groups is 1. The first-order valence-corrected chi connectivity index (χ1v) is 8.56. The van der Waals surface area contributed by atoms with E-state index in [4.69, 9.17) is 20.9 Å². The fourth-order valence-corrected chi connectivity index (χ4v) is 2.72. The molecule has 0 aliphatic carbocycles. The topological polar surface area (TPSA) is 54.0 Å². The average Bonchev–Trinajstić information content (AvgIpc) is 2.25. The molecule has 2 unspecified atom stereocenters. The number of alkyl halides is 3. The molecule has 0 aliphatic rings. The lowest BCUT2D eigenvalue weighted by atomic mass is 10.2. The van der Waals surface area contributed by atoms with Gasteiger partial charge in [0.05, 0.1) is 12.2 Å². The van der Waals surface area contributed by atoms with Gasteiger partial charge in [-0.05, 0) is 20.8 Å². The molecular weight excluding hydrogens is 414 g/mol. The number of ether oxygens (including phenoxy) is 1. The van der Waals surface area contributed by atoms with Crippen LogP contribution in [0.15, 0.2) is 0 Å². The number of hydrogen-bond acceptors (Lipinski definition) is 5. The molecule has 0 saturated carbocycles. The van der Waals surface area contributed by atoms with E-state index in [-0.39, 0.29) is 12.2 Å². The van der Waals surface area contributed by atoms with Crippen LogP contribution in [0.3, 0.4) is 0 Å². The molecule has 0 spiro atoms. The minimum absolute atomic E-state index is 0.126. The van der Waals surface area contributed by atoms with Gasteiger partial charge in [0.15, 0.2) is 8.80 Å². The predicted octanol–water partition coefficient (Wildman–Crippen LogP) is 4.27. The summed E-state index contributed by atoms with van der Waals surface area (Å²) >= 11 is 12.6. The molecule has 0 aromatic rings. The van der Waals surface area contributed by atoms with Crippen molar-refractivity contribution in [1.82, 2.24) is 0 Å². The summed E-state index contributed by atoms with van der Waals surface area (Å²) in [6, 6.07) is 0. The van der Waals surface area contributed by atoms with Gasteiger partial charge in [0, 0.05) is 14.2 Å². The lowest BCUT2D eigenvalue weighted by molar-refractivity contribution is -0.0128. The second-order valence-corrected chi connectivity index (χ2v) is 9.61. The van der Waals surface area contributed by atoms with E-state index in [1.165, 1.54) is 14.2 Å². The Morgan fingerprint density at radius 1 is 1.28 bits per heavy atom. The van der Waals surface area contributed by atoms with Crippen molar-refractivity contribution in [2.45, 2.75) is 35.2 Å². The predicted molar refractivity (Wildman–Crippen MR) is 78.6 cm³/mol. The van der Waals surface area contributed by atoms with Crippen LogP contribution in [0.25, 0.3) is 0 Å². The third kappa shape index (κ3) is 7.20. The molecular formula is C9H18Br2ClO5P. The van der Waals surface area contributed by atoms with Crippen molar-refractivity contribution in [3.8, 4) is 0 Å². The molecule has 0 aromatic heterocycles. The van der Waals surface area contributed by atoms with Crippen LogP contribution < -0.4 is 0 Å². The molecule has 0 heterocycles. The SMILES string of the molecule is COP(=O)(OC)OC(Br)C(Cl)(Br)COC(C)(C)C. The van der Waals surface area contributed by atoms with Crippen molar-refractivity contribution in [2.24, 2.45) is 0 Å². The van der Waals surface area contributed by atoms with Gasteiger partial charge in [-0.2, -0.15) is 0 Å². The molecule has 0 bridgehead atoms. The molecule has 0 saturated heterocycles. The fraction of sp³-hybridized carbons (Fsp3) is 1.00. The third-order valence-corrected chi connectivity index (χ3v) is 6.15. The zero-order valence-electron chi connectivity index (χ0n) is 10.9. The summed E-state index contributed by atoms with van der Waals surface area (Å²) in [4.78, 5) is 0. The molecule has 0 fully saturated rings. The standard InChI is InChI=1S/C9H18Br2ClO5P/c1-8(2,3)16-6-9(11,12)7(10)17-18(13,14-4)15-5/h7H,6H2,1-5H3. The van der Waals surface area contributed by atoms with E-state index in [1.54, 1.807) is 0 Å². The van der Waals surface area contributed by atoms with Crippen LogP contribution >= 0.6 is 51.3 Å². The van der Waals surface area contributed by atoms with Gasteiger partial charge in [0.2, 0.25) is 0 Å². The summed E-state index contributed by atoms with van der Waals surface area (Å²) in [5.41, 5.74) is -0.354. The highest BCUT2D eigenvalue weighted by molar-refractivity contribution is 9.13. The largest absolute Gasteiger partial charge is 0.475 e. The monoisotopic (exact) mass is 430 g/mol. The lowest BCUT2D eigenvalue weighted by Gasteiger charge is -2.30. The first-order chi connectivity index (χ1) is 7.96. The Labute approximate surface area is 130 Å². The molecule has 0 radical (unpaired) electrons. The van der Waals surface area contributed by atoms with E-state index >= 15 is 0 Å². The Kier molecular flexibility index (Phi) is 7.90. The minimum Gasteiger partial charge on any atom is -0.373 e. The highest BCUT2D eigenvalue weighted by atomic mass is 79.9. The maximum atomic E-state index is 11.8. The van der Waals surface area contributed by atoms with Crippen molar-refractivity contribution in [3.05, 3.63) is 0 Å². The molecule has 9 heteroatoms. The molecule has 2 atom stereocenters. The number of phosphoric ester groups is 1. The Balaban J connectivity index is 4.56. The van der Waals surface area contributed by atoms with E-state index in [9.17, 15) is 4.57 Å². The molecule has 0 aliphatic heterocycles. The summed E-state index contributed by atoms with van der Waals surface area (Å²) in [6.45, 7) is 5.81. The van der Waals surface area contributed by atoms with Crippen molar-refractivity contribution >= 4 is 51.3 Å². The highest BCUT2D eigenvalue weighted by Gasteiger charge is 2.40. The third-order valence-electron chi connectivity index (χ3n) is 1.70. The zero-order valence-corrected chi connectivity index (χ0v) is 15.7. The van der Waals surface area contributed by atoms with Gasteiger partial charge in [-0.3, -0.25) is 13.6 Å². The average molecular weight is 432 g/mol. The van der Waals surface area contributed by atoms with E-state index in [1.807, 2.05) is 20.8 Å². The van der Waals surface area contributed by atoms with Crippen molar-refractivity contribution < 1.29 is 22.9 Å². The lowest BCUT2D eigenvalue weighted by Crippen LogP contribution is -2.36. The summed E-state index contributed by atoms with van der Waals surface area (Å²) in [5.74, 6) is 0. The molecule has 0 aromatic carbocycles. The first kappa shape index (κ1) is 19.3. The van der Waals surface area contributed by atoms with Crippen molar-refractivity contribution in [2.75, 3.05) is 20.8 Å². The van der Waals surface area contributed by atoms with Crippen LogP contribution in [0.2, 0.25) is 0 Å². The maximum absolute atomic E-state index is 11.8. The van der Waals surface area contributed by atoms with Gasteiger partial charge in [0.1, 0.15) is 0 Å². The van der Waals surface area contributed by atoms with E-state index in [2.05, 4.69) is 40.9 Å². The Morgan fingerprint density at radius 2 is 1.72 bits per heavy atom. The second kappa shape index (κ2) is 7.36. The van der Waals surface area contributed by atoms with Crippen LogP contribution in [0, 0.1) is 0 Å². The van der Waals surface area contributed by atoms with Gasteiger partial charge >= 0.3 is 7.82 Å². The Bertz CT molecular complexity index is 300. The molecule has 0 N–H and O–H groups in total. The fourth-order valence-electron chi connectivity index (χ4n) is 0.729. The van der Waals surface area contributed by atoms with Crippen LogP contribution in [-0.2, 0) is 22.9 Å². The zero-order chi connectivity index (χ0) is 14.6. The van der Waals surface area contributed by atoms with Gasteiger partial charge in [0.25, 0.3) is 0 Å². The van der Waals surface area contributed by atoms with E-state index in [0.717, 1.165) is 0 Å². The van der Waals surface area contributed by atoms with Crippen LogP contribution in [0.1, 0.15) is 20.8 Å². The van der Waals surface area contributed by atoms with Gasteiger partial charge in [-0.15, -0.1) is 11.6 Å². The summed E-state index contributed by atoms with van der Waals surface area (Å²) < 4.78 is 30.7. The van der Waals surface area contributed by atoms with Crippen LogP contribution in [0.5, 0.6) is 0 Å². The summed E-state index contributed by atoms with van der Waals surface area (Å²) in [6.07, 6.45) is 0. The second-order valence-electron chi connectivity index (χ2n) is 4.40. The highest BCUT2D eigenvalue weighted by Crippen LogP contribution is 2.52. The molecule has 18 heavy (non-hydrogen) atoms. The van der Waals surface area contributed by atoms with Crippen molar-refractivity contribution in [1.29, 1.82) is 0 Å². The van der Waals surface area contributed by atoms with Gasteiger partial charge in [-0.1, -0.05) is 31.9 Å². The van der Waals surface area contributed by atoms with E-state index < -0.39 is 16.6 Å². The van der Waals surface area contributed by atoms with E-state index in [0.29, 0.717) is 0 Å². The summed E-state index contributed by atoms with van der Waals surface area (Å²) in [5, 5.41) is -0.834. The molecule has 0 rings (SSSR count). The molecule has 0 amide bonds. The van der Waals surface area contributed by atoms with Crippen LogP contribution in [0.4, 0.5) is 0 Å². The van der Waals surface area contributed by atoms with Crippen molar-refractivity contribution in [3.63, 3.8) is 0 Å². The van der Waals surface area contributed by atoms with Gasteiger partial charge in [-0.25, -0.2) is 4.57 Å². The smallest absolute Gasteiger partial charge is 0.373 e. The molecule has 5 nitrogen and oxygen atoms in total. The van der Waals surface area contributed by atoms with Gasteiger partial charge < -0.3 is 4.74 Å². The summed E-state index contributed by atoms with van der Waals surface area (Å²) in [7, 11) is -1.17. The first-order valence-electron chi connectivity index (χ1n) is 5.01. The minimum atomic E-state index is -3.61. The number of rotatable bonds is 7. The normalized spacial score (nSPS) is 18.4. The Hall–Kier alpha value is 1.32. The number of hydrogen-bond donors (Lipinski definition) is 0. The Morgan fingerprint density at radius 3 is 2.06 bits per heavy atom.